The van der Waals surface area contributed by atoms with Gasteiger partial charge in [0.05, 0.1) is 11.6 Å². The Hall–Kier alpha value is -4.57. The van der Waals surface area contributed by atoms with E-state index in [1.165, 1.54) is 36.4 Å². The number of esters is 2. The molecule has 0 unspecified atom stereocenters. The number of rotatable bonds is 5. The summed E-state index contributed by atoms with van der Waals surface area (Å²) in [6.07, 6.45) is -0.674. The summed E-state index contributed by atoms with van der Waals surface area (Å²) in [6.45, 7) is 0. The van der Waals surface area contributed by atoms with Crippen LogP contribution in [0.1, 0.15) is 12.0 Å². The van der Waals surface area contributed by atoms with Crippen LogP contribution < -0.4 is 9.47 Å². The number of ether oxygens (including phenoxy) is 2. The molecule has 0 spiro atoms. The summed E-state index contributed by atoms with van der Waals surface area (Å²) >= 11 is 0. The molecule has 0 aromatic heterocycles. The highest BCUT2D eigenvalue weighted by Crippen LogP contribution is 2.27. The van der Waals surface area contributed by atoms with Crippen molar-refractivity contribution in [3.63, 3.8) is 0 Å². The van der Waals surface area contributed by atoms with Crippen molar-refractivity contribution < 1.29 is 27.8 Å². The van der Waals surface area contributed by atoms with Crippen molar-refractivity contribution >= 4 is 22.7 Å². The largest absolute Gasteiger partial charge is 0.426 e. The number of nitrogens with zero attached hydrogens (tertiary/aromatic N) is 1. The van der Waals surface area contributed by atoms with E-state index in [1.54, 1.807) is 36.4 Å². The molecule has 5 nitrogen and oxygen atoms in total. The minimum absolute atomic E-state index is 0.0739. The van der Waals surface area contributed by atoms with Gasteiger partial charge in [-0.3, -0.25) is 9.59 Å². The molecule has 33 heavy (non-hydrogen) atoms. The Morgan fingerprint density at radius 3 is 2.03 bits per heavy atom. The fourth-order valence-corrected chi connectivity index (χ4v) is 3.23. The third-order valence-electron chi connectivity index (χ3n) is 4.79. The third kappa shape index (κ3) is 5.20. The van der Waals surface area contributed by atoms with Gasteiger partial charge in [0.25, 0.3) is 0 Å². The average molecular weight is 443 g/mol. The molecule has 4 aromatic rings. The van der Waals surface area contributed by atoms with E-state index in [9.17, 15) is 18.4 Å². The number of hydrogen-bond donors (Lipinski definition) is 0. The van der Waals surface area contributed by atoms with Gasteiger partial charge in [-0.25, -0.2) is 8.78 Å². The molecule has 0 radical (unpaired) electrons. The first-order chi connectivity index (χ1) is 15.9. The minimum atomic E-state index is -0.909. The molecular weight excluding hydrogens is 428 g/mol. The fraction of sp³-hybridized carbons (Fsp3) is 0.0385. The van der Waals surface area contributed by atoms with Gasteiger partial charge in [0.2, 0.25) is 0 Å². The molecule has 4 aromatic carbocycles. The molecule has 0 saturated carbocycles. The van der Waals surface area contributed by atoms with Gasteiger partial charge in [-0.1, -0.05) is 24.3 Å². The second-order valence-electron chi connectivity index (χ2n) is 7.11. The number of carbonyl (C=O) groups excluding carboxylic acids is 2. The molecule has 0 saturated heterocycles. The molecule has 0 aliphatic rings. The first-order valence-electron chi connectivity index (χ1n) is 9.82. The van der Waals surface area contributed by atoms with Crippen LogP contribution in [0.3, 0.4) is 0 Å². The summed E-state index contributed by atoms with van der Waals surface area (Å²) in [6, 6.07) is 21.1. The van der Waals surface area contributed by atoms with Crippen LogP contribution in [-0.4, -0.2) is 11.9 Å². The molecule has 0 heterocycles. The van der Waals surface area contributed by atoms with E-state index < -0.39 is 30.0 Å². The molecule has 0 aliphatic carbocycles. The Morgan fingerprint density at radius 2 is 1.36 bits per heavy atom. The van der Waals surface area contributed by atoms with Gasteiger partial charge in [-0.2, -0.15) is 5.26 Å². The smallest absolute Gasteiger partial charge is 0.322 e. The second kappa shape index (κ2) is 9.28. The van der Waals surface area contributed by atoms with Crippen molar-refractivity contribution in [1.82, 2.24) is 0 Å². The van der Waals surface area contributed by atoms with Gasteiger partial charge in [-0.05, 0) is 64.9 Å². The van der Waals surface area contributed by atoms with Crippen LogP contribution in [0.5, 0.6) is 11.5 Å². The molecule has 0 fully saturated rings. The number of fused-ring (bicyclic) bond motifs is 1. The zero-order chi connectivity index (χ0) is 23.4. The van der Waals surface area contributed by atoms with Crippen LogP contribution in [0.25, 0.3) is 21.9 Å². The van der Waals surface area contributed by atoms with Crippen LogP contribution in [0.15, 0.2) is 78.9 Å². The van der Waals surface area contributed by atoms with Crippen LogP contribution in [0.2, 0.25) is 0 Å². The lowest BCUT2D eigenvalue weighted by Gasteiger charge is -2.08. The number of nitriles is 1. The maximum absolute atomic E-state index is 14.4. The van der Waals surface area contributed by atoms with Crippen molar-refractivity contribution in [3.05, 3.63) is 96.1 Å². The SMILES string of the molecule is N#Cc1ccc2cc(OC(=O)CC(=O)Oc3ccc(-c4ccc(F)cc4)c(F)c3)ccc2c1. The summed E-state index contributed by atoms with van der Waals surface area (Å²) in [5.74, 6) is -2.68. The molecule has 0 amide bonds. The monoisotopic (exact) mass is 443 g/mol. The molecule has 162 valence electrons. The average Bonchev–Trinajstić information content (AvgIpc) is 2.79. The lowest BCUT2D eigenvalue weighted by molar-refractivity contribution is -0.144. The molecule has 0 N–H and O–H groups in total. The van der Waals surface area contributed by atoms with E-state index in [4.69, 9.17) is 14.7 Å². The quantitative estimate of drug-likeness (QED) is 0.229. The highest BCUT2D eigenvalue weighted by Gasteiger charge is 2.16. The number of hydrogen-bond acceptors (Lipinski definition) is 5. The maximum atomic E-state index is 14.4. The molecule has 0 bridgehead atoms. The lowest BCUT2D eigenvalue weighted by Crippen LogP contribution is -2.18. The van der Waals surface area contributed by atoms with Gasteiger partial charge in [0.15, 0.2) is 0 Å². The van der Waals surface area contributed by atoms with E-state index in [-0.39, 0.29) is 17.1 Å². The van der Waals surface area contributed by atoms with E-state index in [2.05, 4.69) is 6.07 Å². The van der Waals surface area contributed by atoms with Gasteiger partial charge in [-0.15, -0.1) is 0 Å². The van der Waals surface area contributed by atoms with E-state index in [0.717, 1.165) is 16.8 Å². The van der Waals surface area contributed by atoms with Crippen LogP contribution >= 0.6 is 0 Å². The third-order valence-corrected chi connectivity index (χ3v) is 4.79. The van der Waals surface area contributed by atoms with Crippen molar-refractivity contribution in [2.45, 2.75) is 6.42 Å². The highest BCUT2D eigenvalue weighted by atomic mass is 19.1. The predicted octanol–water partition coefficient (Wildman–Crippen LogP) is 5.56. The fourth-order valence-electron chi connectivity index (χ4n) is 3.23. The van der Waals surface area contributed by atoms with Gasteiger partial charge in [0, 0.05) is 11.6 Å². The van der Waals surface area contributed by atoms with Crippen molar-refractivity contribution in [2.75, 3.05) is 0 Å². The topological polar surface area (TPSA) is 76.4 Å². The Kier molecular flexibility index (Phi) is 6.09. The first kappa shape index (κ1) is 21.7. The Morgan fingerprint density at radius 1 is 0.758 bits per heavy atom. The normalized spacial score (nSPS) is 10.5. The highest BCUT2D eigenvalue weighted by molar-refractivity contribution is 5.93. The lowest BCUT2D eigenvalue weighted by atomic mass is 10.1. The van der Waals surface area contributed by atoms with E-state index in [1.807, 2.05) is 0 Å². The second-order valence-corrected chi connectivity index (χ2v) is 7.11. The summed E-state index contributed by atoms with van der Waals surface area (Å²) in [7, 11) is 0. The molecule has 7 heteroatoms. The number of halogens is 2. The first-order valence-corrected chi connectivity index (χ1v) is 9.82. The number of carbonyl (C=O) groups is 2. The Bertz CT molecular complexity index is 1410. The zero-order valence-electron chi connectivity index (χ0n) is 17.0. The summed E-state index contributed by atoms with van der Waals surface area (Å²) < 4.78 is 37.7. The Labute approximate surface area is 187 Å². The predicted molar refractivity (Wildman–Crippen MR) is 116 cm³/mol. The van der Waals surface area contributed by atoms with E-state index >= 15 is 0 Å². The van der Waals surface area contributed by atoms with Gasteiger partial charge >= 0.3 is 11.9 Å². The minimum Gasteiger partial charge on any atom is -0.426 e. The maximum Gasteiger partial charge on any atom is 0.322 e. The van der Waals surface area contributed by atoms with Crippen molar-refractivity contribution in [1.29, 1.82) is 5.26 Å². The number of benzene rings is 4. The summed E-state index contributed by atoms with van der Waals surface area (Å²) in [4.78, 5) is 24.2. The summed E-state index contributed by atoms with van der Waals surface area (Å²) in [5.41, 5.74) is 1.19. The molecule has 0 aliphatic heterocycles. The van der Waals surface area contributed by atoms with Gasteiger partial charge < -0.3 is 9.47 Å². The van der Waals surface area contributed by atoms with Crippen molar-refractivity contribution in [2.24, 2.45) is 0 Å². The Balaban J connectivity index is 1.38. The van der Waals surface area contributed by atoms with Gasteiger partial charge in [0.1, 0.15) is 29.6 Å². The summed E-state index contributed by atoms with van der Waals surface area (Å²) in [5, 5.41) is 10.5. The van der Waals surface area contributed by atoms with E-state index in [0.29, 0.717) is 11.1 Å². The van der Waals surface area contributed by atoms with Crippen LogP contribution in [-0.2, 0) is 9.59 Å². The van der Waals surface area contributed by atoms with Crippen LogP contribution in [0, 0.1) is 23.0 Å². The van der Waals surface area contributed by atoms with Crippen molar-refractivity contribution in [3.8, 4) is 28.7 Å². The molecule has 0 atom stereocenters. The molecular formula is C26H15F2NO4. The zero-order valence-corrected chi connectivity index (χ0v) is 17.0. The van der Waals surface area contributed by atoms with Crippen LogP contribution in [0.4, 0.5) is 8.78 Å². The standard InChI is InChI=1S/C26H15F2NO4/c27-20-6-3-17(4-7-20)23-10-9-22(13-24(23)28)33-26(31)14-25(30)32-21-8-5-18-11-16(15-29)1-2-19(18)12-21/h1-13H,14H2. The molecule has 4 rings (SSSR count).